The average molecular weight is 452 g/mol. The van der Waals surface area contributed by atoms with E-state index >= 15 is 0 Å². The Bertz CT molecular complexity index is 928. The Morgan fingerprint density at radius 1 is 1.28 bits per heavy atom. The summed E-state index contributed by atoms with van der Waals surface area (Å²) in [6.07, 6.45) is -1.86. The molecule has 0 spiro atoms. The molecule has 1 aliphatic heterocycles. The summed E-state index contributed by atoms with van der Waals surface area (Å²) in [5, 5.41) is 15.0. The highest BCUT2D eigenvalue weighted by atomic mass is 19.4. The van der Waals surface area contributed by atoms with Gasteiger partial charge in [0, 0.05) is 23.8 Å². The van der Waals surface area contributed by atoms with Gasteiger partial charge in [-0.2, -0.15) is 18.4 Å². The van der Waals surface area contributed by atoms with Crippen LogP contribution >= 0.6 is 0 Å². The highest BCUT2D eigenvalue weighted by Crippen LogP contribution is 2.37. The van der Waals surface area contributed by atoms with Crippen LogP contribution in [0.1, 0.15) is 68.6 Å². The first-order chi connectivity index (χ1) is 14.9. The number of hydrogen-bond donors (Lipinski definition) is 3. The maximum absolute atomic E-state index is 12.9. The first-order valence-corrected chi connectivity index (χ1v) is 10.7. The van der Waals surface area contributed by atoms with Gasteiger partial charge in [0.2, 0.25) is 11.8 Å². The number of nitrogens with one attached hydrogen (secondary N) is 3. The molecule has 0 bridgehead atoms. The van der Waals surface area contributed by atoms with Crippen molar-refractivity contribution in [3.05, 3.63) is 23.5 Å². The van der Waals surface area contributed by atoms with Gasteiger partial charge in [-0.1, -0.05) is 12.8 Å². The number of amides is 2. The van der Waals surface area contributed by atoms with E-state index in [4.69, 9.17) is 0 Å². The van der Waals surface area contributed by atoms with Gasteiger partial charge in [0.15, 0.2) is 5.78 Å². The summed E-state index contributed by atoms with van der Waals surface area (Å²) in [6, 6.07) is 2.97. The van der Waals surface area contributed by atoms with Gasteiger partial charge in [0.05, 0.1) is 11.8 Å². The second-order valence-corrected chi connectivity index (χ2v) is 9.49. The van der Waals surface area contributed by atoms with E-state index in [1.807, 2.05) is 19.9 Å². The van der Waals surface area contributed by atoms with Crippen molar-refractivity contribution in [2.75, 3.05) is 0 Å². The van der Waals surface area contributed by atoms with E-state index in [-0.39, 0.29) is 35.9 Å². The highest BCUT2D eigenvalue weighted by molar-refractivity contribution is 5.97. The maximum Gasteiger partial charge on any atom is 0.431 e. The molecule has 0 aromatic carbocycles. The first-order valence-electron chi connectivity index (χ1n) is 10.7. The molecule has 2 fully saturated rings. The molecule has 7 nitrogen and oxygen atoms in total. The summed E-state index contributed by atoms with van der Waals surface area (Å²) >= 11 is 0. The van der Waals surface area contributed by atoms with E-state index in [9.17, 15) is 32.8 Å². The topological polar surface area (TPSA) is 115 Å². The molecular weight excluding hydrogens is 425 g/mol. The van der Waals surface area contributed by atoms with Crippen LogP contribution in [0.5, 0.6) is 0 Å². The Morgan fingerprint density at radius 3 is 2.47 bits per heavy atom. The number of rotatable bonds is 9. The third-order valence-electron chi connectivity index (χ3n) is 5.99. The molecule has 1 saturated carbocycles. The maximum atomic E-state index is 12.9. The molecule has 1 aromatic rings. The summed E-state index contributed by atoms with van der Waals surface area (Å²) < 4.78 is 38.4. The van der Waals surface area contributed by atoms with Crippen molar-refractivity contribution < 1.29 is 27.6 Å². The van der Waals surface area contributed by atoms with Crippen LogP contribution in [0.4, 0.5) is 13.2 Å². The molecule has 1 aromatic heterocycles. The number of nitrogens with zero attached hydrogens (tertiary/aromatic N) is 1. The monoisotopic (exact) mass is 452 g/mol. The number of Topliss-reactive ketones (excluding diaryl/α,β-unsaturated/α-hetero) is 1. The summed E-state index contributed by atoms with van der Waals surface area (Å²) in [5.74, 6) is -2.12. The molecule has 1 saturated heterocycles. The van der Waals surface area contributed by atoms with Gasteiger partial charge in [0.1, 0.15) is 11.7 Å². The van der Waals surface area contributed by atoms with E-state index in [0.29, 0.717) is 12.8 Å². The number of alkyl halides is 3. The summed E-state index contributed by atoms with van der Waals surface area (Å²) in [6.45, 7) is 3.76. The molecule has 1 aliphatic carbocycles. The molecule has 3 rings (SSSR count). The SMILES string of the molecule is CC1(C)CC(CC(C#N)NC(=O)C(CC(=O)c2ccc(C(F)(F)F)[nH]2)CC2CC2)C(=O)N1. The lowest BCUT2D eigenvalue weighted by atomic mass is 9.90. The predicted molar refractivity (Wildman–Crippen MR) is 108 cm³/mol. The number of H-pyrrole nitrogens is 1. The predicted octanol–water partition coefficient (Wildman–Crippen LogP) is 3.34. The summed E-state index contributed by atoms with van der Waals surface area (Å²) in [5.41, 5.74) is -1.60. The minimum absolute atomic E-state index is 0.160. The number of aromatic nitrogens is 1. The minimum atomic E-state index is -4.59. The first kappa shape index (κ1) is 23.8. The highest BCUT2D eigenvalue weighted by Gasteiger charge is 2.39. The molecule has 174 valence electrons. The number of ketones is 1. The lowest BCUT2D eigenvalue weighted by Crippen LogP contribution is -2.40. The smallest absolute Gasteiger partial charge is 0.351 e. The van der Waals surface area contributed by atoms with Crippen molar-refractivity contribution in [1.82, 2.24) is 15.6 Å². The van der Waals surface area contributed by atoms with Gasteiger partial charge in [0.25, 0.3) is 0 Å². The molecule has 2 aliphatic rings. The molecule has 2 heterocycles. The molecule has 3 atom stereocenters. The van der Waals surface area contributed by atoms with E-state index < -0.39 is 41.4 Å². The molecular formula is C22H27F3N4O3. The fourth-order valence-corrected chi connectivity index (χ4v) is 4.20. The number of hydrogen-bond acceptors (Lipinski definition) is 4. The zero-order chi connectivity index (χ0) is 23.7. The second-order valence-electron chi connectivity index (χ2n) is 9.49. The van der Waals surface area contributed by atoms with Gasteiger partial charge < -0.3 is 15.6 Å². The second kappa shape index (κ2) is 8.96. The zero-order valence-electron chi connectivity index (χ0n) is 18.0. The van der Waals surface area contributed by atoms with Crippen molar-refractivity contribution in [3.63, 3.8) is 0 Å². The Balaban J connectivity index is 1.63. The molecule has 32 heavy (non-hydrogen) atoms. The molecule has 2 amide bonds. The zero-order valence-corrected chi connectivity index (χ0v) is 18.0. The number of aromatic amines is 1. The third kappa shape index (κ3) is 6.11. The average Bonchev–Trinajstić information content (AvgIpc) is 3.26. The lowest BCUT2D eigenvalue weighted by molar-refractivity contribution is -0.140. The Labute approximate surface area is 184 Å². The Kier molecular flexibility index (Phi) is 6.67. The van der Waals surface area contributed by atoms with E-state index in [1.165, 1.54) is 0 Å². The van der Waals surface area contributed by atoms with Crippen LogP contribution in [0.2, 0.25) is 0 Å². The number of carbonyl (C=O) groups is 3. The fraction of sp³-hybridized carbons (Fsp3) is 0.636. The molecule has 10 heteroatoms. The van der Waals surface area contributed by atoms with E-state index in [0.717, 1.165) is 25.0 Å². The van der Waals surface area contributed by atoms with Gasteiger partial charge in [-0.05, 0) is 51.2 Å². The number of carbonyl (C=O) groups excluding carboxylic acids is 3. The van der Waals surface area contributed by atoms with Crippen molar-refractivity contribution in [1.29, 1.82) is 5.26 Å². The number of halogens is 3. The lowest BCUT2D eigenvalue weighted by Gasteiger charge is -2.20. The molecule has 3 unspecified atom stereocenters. The van der Waals surface area contributed by atoms with E-state index in [1.54, 1.807) is 0 Å². The third-order valence-corrected chi connectivity index (χ3v) is 5.99. The van der Waals surface area contributed by atoms with Gasteiger partial charge in [-0.3, -0.25) is 14.4 Å². The quantitative estimate of drug-likeness (QED) is 0.499. The van der Waals surface area contributed by atoms with Crippen molar-refractivity contribution in [2.45, 2.75) is 70.1 Å². The van der Waals surface area contributed by atoms with Crippen molar-refractivity contribution in [3.8, 4) is 6.07 Å². The van der Waals surface area contributed by atoms with Crippen LogP contribution in [-0.4, -0.2) is 34.2 Å². The number of nitriles is 1. The summed E-state index contributed by atoms with van der Waals surface area (Å²) in [4.78, 5) is 39.6. The van der Waals surface area contributed by atoms with Gasteiger partial charge in [-0.15, -0.1) is 0 Å². The Morgan fingerprint density at radius 2 is 1.97 bits per heavy atom. The molecule has 3 N–H and O–H groups in total. The Hall–Kier alpha value is -2.83. The summed E-state index contributed by atoms with van der Waals surface area (Å²) in [7, 11) is 0. The van der Waals surface area contributed by atoms with Crippen molar-refractivity contribution in [2.24, 2.45) is 17.8 Å². The van der Waals surface area contributed by atoms with Crippen LogP contribution in [-0.2, 0) is 15.8 Å². The van der Waals surface area contributed by atoms with Gasteiger partial charge >= 0.3 is 6.18 Å². The largest absolute Gasteiger partial charge is 0.431 e. The van der Waals surface area contributed by atoms with Crippen LogP contribution in [0.15, 0.2) is 12.1 Å². The fourth-order valence-electron chi connectivity index (χ4n) is 4.20. The van der Waals surface area contributed by atoms with Crippen LogP contribution in [0.3, 0.4) is 0 Å². The van der Waals surface area contributed by atoms with E-state index in [2.05, 4.69) is 15.6 Å². The van der Waals surface area contributed by atoms with Crippen LogP contribution in [0.25, 0.3) is 0 Å². The van der Waals surface area contributed by atoms with Crippen LogP contribution in [0, 0.1) is 29.1 Å². The molecule has 0 radical (unpaired) electrons. The minimum Gasteiger partial charge on any atom is -0.351 e. The van der Waals surface area contributed by atoms with Crippen LogP contribution < -0.4 is 10.6 Å². The standard InChI is InChI=1S/C22H27F3N4O3/c1-21(2)10-14(20(32)29-21)8-15(11-26)27-19(31)13(7-12-3-4-12)9-17(30)16-5-6-18(28-16)22(23,24)25/h5-6,12-15,28H,3-4,7-10H2,1-2H3,(H,27,31)(H,29,32). The normalized spacial score (nSPS) is 22.0. The van der Waals surface area contributed by atoms with Gasteiger partial charge in [-0.25, -0.2) is 0 Å². The van der Waals surface area contributed by atoms with Crippen molar-refractivity contribution >= 4 is 17.6 Å².